The molecule has 0 aliphatic carbocycles. The van der Waals surface area contributed by atoms with Crippen LogP contribution in [0.3, 0.4) is 0 Å². The second-order valence-corrected chi connectivity index (χ2v) is 10.6. The molecular formula is C25H33N3O4S. The monoisotopic (exact) mass is 471 g/mol. The number of carbonyl (C=O) groups excluding carboxylic acids is 3. The smallest absolute Gasteiger partial charge is 0.302 e. The summed E-state index contributed by atoms with van der Waals surface area (Å²) in [5, 5.41) is 2.96. The predicted octanol–water partition coefficient (Wildman–Crippen LogP) is 3.95. The van der Waals surface area contributed by atoms with Gasteiger partial charge in [-0.2, -0.15) is 0 Å². The lowest BCUT2D eigenvalue weighted by molar-refractivity contribution is -0.147. The minimum Gasteiger partial charge on any atom is -0.461 e. The summed E-state index contributed by atoms with van der Waals surface area (Å²) in [5.41, 5.74) is 4.65. The number of ether oxygens (including phenoxy) is 1. The first-order valence-corrected chi connectivity index (χ1v) is 12.1. The molecule has 2 heterocycles. The van der Waals surface area contributed by atoms with Crippen LogP contribution >= 0.6 is 11.3 Å². The van der Waals surface area contributed by atoms with E-state index >= 15 is 0 Å². The molecule has 1 saturated heterocycles. The van der Waals surface area contributed by atoms with E-state index < -0.39 is 18.1 Å². The van der Waals surface area contributed by atoms with E-state index in [2.05, 4.69) is 10.3 Å². The highest BCUT2D eigenvalue weighted by Gasteiger charge is 2.43. The minimum absolute atomic E-state index is 0.0958. The van der Waals surface area contributed by atoms with Gasteiger partial charge in [0.2, 0.25) is 11.8 Å². The Bertz CT molecular complexity index is 1010. The first kappa shape index (κ1) is 24.9. The number of benzene rings is 1. The number of hydrogen-bond donors (Lipinski definition) is 1. The molecule has 1 aromatic carbocycles. The predicted molar refractivity (Wildman–Crippen MR) is 128 cm³/mol. The second-order valence-electron chi connectivity index (χ2n) is 9.74. The molecule has 0 spiro atoms. The average molecular weight is 472 g/mol. The Morgan fingerprint density at radius 1 is 1.24 bits per heavy atom. The average Bonchev–Trinajstić information content (AvgIpc) is 3.36. The lowest BCUT2D eigenvalue weighted by atomic mass is 9.81. The molecule has 1 aromatic heterocycles. The van der Waals surface area contributed by atoms with Crippen molar-refractivity contribution in [3.05, 3.63) is 41.0 Å². The molecule has 3 rings (SSSR count). The molecule has 3 atom stereocenters. The van der Waals surface area contributed by atoms with Gasteiger partial charge in [-0.1, -0.05) is 52.0 Å². The van der Waals surface area contributed by atoms with Gasteiger partial charge in [0, 0.05) is 25.8 Å². The molecule has 0 radical (unpaired) electrons. The second kappa shape index (κ2) is 10.0. The van der Waals surface area contributed by atoms with Gasteiger partial charge in [0.05, 0.1) is 22.6 Å². The number of esters is 1. The number of thiazole rings is 1. The van der Waals surface area contributed by atoms with Gasteiger partial charge in [-0.05, 0) is 23.5 Å². The molecule has 7 nitrogen and oxygen atoms in total. The Labute approximate surface area is 199 Å². The van der Waals surface area contributed by atoms with E-state index in [9.17, 15) is 14.4 Å². The minimum atomic E-state index is -0.661. The van der Waals surface area contributed by atoms with Gasteiger partial charge >= 0.3 is 5.97 Å². The summed E-state index contributed by atoms with van der Waals surface area (Å²) in [6, 6.07) is 7.35. The van der Waals surface area contributed by atoms with Crippen molar-refractivity contribution in [3.63, 3.8) is 0 Å². The van der Waals surface area contributed by atoms with Gasteiger partial charge in [0.15, 0.2) is 0 Å². The van der Waals surface area contributed by atoms with Crippen LogP contribution in [0, 0.1) is 18.3 Å². The summed E-state index contributed by atoms with van der Waals surface area (Å²) < 4.78 is 5.34. The summed E-state index contributed by atoms with van der Waals surface area (Å²) in [4.78, 5) is 44.7. The van der Waals surface area contributed by atoms with Crippen molar-refractivity contribution >= 4 is 29.1 Å². The Morgan fingerprint density at radius 2 is 1.91 bits per heavy atom. The molecule has 2 amide bonds. The quantitative estimate of drug-likeness (QED) is 0.645. The molecule has 33 heavy (non-hydrogen) atoms. The molecule has 1 aliphatic heterocycles. The summed E-state index contributed by atoms with van der Waals surface area (Å²) in [6.45, 7) is 11.8. The Kier molecular flexibility index (Phi) is 7.57. The number of likely N-dealkylation sites (tertiary alicyclic amines) is 1. The number of rotatable bonds is 6. The first-order valence-electron chi connectivity index (χ1n) is 11.2. The lowest BCUT2D eigenvalue weighted by Gasteiger charge is -2.32. The van der Waals surface area contributed by atoms with E-state index in [-0.39, 0.29) is 29.7 Å². The Hall–Kier alpha value is -2.74. The van der Waals surface area contributed by atoms with Crippen LogP contribution in [0.5, 0.6) is 0 Å². The fourth-order valence-corrected chi connectivity index (χ4v) is 4.70. The number of aromatic nitrogens is 1. The highest BCUT2D eigenvalue weighted by molar-refractivity contribution is 7.13. The fourth-order valence-electron chi connectivity index (χ4n) is 3.89. The first-order chi connectivity index (χ1) is 15.5. The summed E-state index contributed by atoms with van der Waals surface area (Å²) >= 11 is 1.60. The van der Waals surface area contributed by atoms with Crippen LogP contribution in [0.1, 0.15) is 52.3 Å². The molecule has 2 aromatic rings. The number of hydrogen-bond acceptors (Lipinski definition) is 6. The van der Waals surface area contributed by atoms with Crippen molar-refractivity contribution in [2.24, 2.45) is 11.3 Å². The lowest BCUT2D eigenvalue weighted by Crippen LogP contribution is -2.49. The van der Waals surface area contributed by atoms with Crippen molar-refractivity contribution in [2.75, 3.05) is 6.54 Å². The van der Waals surface area contributed by atoms with E-state index in [1.54, 1.807) is 16.2 Å². The third-order valence-electron chi connectivity index (χ3n) is 6.28. The van der Waals surface area contributed by atoms with Gasteiger partial charge in [0.25, 0.3) is 0 Å². The van der Waals surface area contributed by atoms with Gasteiger partial charge in [0.1, 0.15) is 12.1 Å². The largest absolute Gasteiger partial charge is 0.461 e. The maximum atomic E-state index is 13.2. The number of nitrogens with one attached hydrogen (secondary N) is 1. The van der Waals surface area contributed by atoms with Gasteiger partial charge in [-0.3, -0.25) is 14.4 Å². The molecule has 0 bridgehead atoms. The van der Waals surface area contributed by atoms with Crippen LogP contribution in [-0.2, 0) is 25.7 Å². The van der Waals surface area contributed by atoms with Crippen molar-refractivity contribution in [1.82, 2.24) is 15.2 Å². The van der Waals surface area contributed by atoms with E-state index in [4.69, 9.17) is 4.74 Å². The third kappa shape index (κ3) is 5.99. The normalized spacial score (nSPS) is 19.3. The van der Waals surface area contributed by atoms with Gasteiger partial charge in [-0.25, -0.2) is 4.98 Å². The number of nitrogens with zero attached hydrogens (tertiary/aromatic N) is 2. The SMILES string of the molecule is CC(=O)O[C@@H]1C[C@@H](C(=O)NCc2ccc(-c3scnc3C)cc2)N(C(=O)[C@@H](C)C(C)(C)C)C1. The molecule has 1 aliphatic rings. The zero-order chi connectivity index (χ0) is 24.3. The van der Waals surface area contributed by atoms with E-state index in [0.29, 0.717) is 13.0 Å². The van der Waals surface area contributed by atoms with Crippen LogP contribution in [-0.4, -0.2) is 46.4 Å². The highest BCUT2D eigenvalue weighted by atomic mass is 32.1. The maximum absolute atomic E-state index is 13.2. The molecule has 0 saturated carbocycles. The van der Waals surface area contributed by atoms with Crippen molar-refractivity contribution < 1.29 is 19.1 Å². The van der Waals surface area contributed by atoms with Crippen molar-refractivity contribution in [1.29, 1.82) is 0 Å². The fraction of sp³-hybridized carbons (Fsp3) is 0.520. The number of aryl methyl sites for hydroxylation is 1. The maximum Gasteiger partial charge on any atom is 0.302 e. The third-order valence-corrected chi connectivity index (χ3v) is 7.26. The highest BCUT2D eigenvalue weighted by Crippen LogP contribution is 2.31. The summed E-state index contributed by atoms with van der Waals surface area (Å²) in [5.74, 6) is -1.01. The van der Waals surface area contributed by atoms with Crippen LogP contribution in [0.25, 0.3) is 10.4 Å². The summed E-state index contributed by atoms with van der Waals surface area (Å²) in [7, 11) is 0. The van der Waals surface area contributed by atoms with E-state index in [1.807, 2.05) is 64.4 Å². The van der Waals surface area contributed by atoms with E-state index in [0.717, 1.165) is 21.7 Å². The van der Waals surface area contributed by atoms with Gasteiger partial charge < -0.3 is 15.0 Å². The molecular weight excluding hydrogens is 438 g/mol. The standard InChI is InChI=1S/C25H33N3O4S/c1-15(25(4,5)6)24(31)28-13-20(32-17(3)29)11-21(28)23(30)26-12-18-7-9-19(10-8-18)22-16(2)27-14-33-22/h7-10,14-15,20-21H,11-13H2,1-6H3,(H,26,30)/t15-,20-,21+/m1/s1. The zero-order valence-electron chi connectivity index (χ0n) is 20.2. The Morgan fingerprint density at radius 3 is 2.45 bits per heavy atom. The molecule has 8 heteroatoms. The van der Waals surface area contributed by atoms with Crippen LogP contribution in [0.2, 0.25) is 0 Å². The molecule has 1 N–H and O–H groups in total. The Balaban J connectivity index is 1.68. The molecule has 178 valence electrons. The topological polar surface area (TPSA) is 88.6 Å². The van der Waals surface area contributed by atoms with E-state index in [1.165, 1.54) is 6.92 Å². The van der Waals surface area contributed by atoms with Crippen molar-refractivity contribution in [3.8, 4) is 10.4 Å². The molecule has 1 fully saturated rings. The van der Waals surface area contributed by atoms with Crippen LogP contribution < -0.4 is 5.32 Å². The zero-order valence-corrected chi connectivity index (χ0v) is 21.0. The van der Waals surface area contributed by atoms with Crippen LogP contribution in [0.15, 0.2) is 29.8 Å². The summed E-state index contributed by atoms with van der Waals surface area (Å²) in [6.07, 6.45) is -0.172. The number of amides is 2. The van der Waals surface area contributed by atoms with Gasteiger partial charge in [-0.15, -0.1) is 11.3 Å². The van der Waals surface area contributed by atoms with Crippen LogP contribution in [0.4, 0.5) is 0 Å². The van der Waals surface area contributed by atoms with Crippen molar-refractivity contribution in [2.45, 2.75) is 66.7 Å². The number of carbonyl (C=O) groups is 3. The molecule has 0 unspecified atom stereocenters.